The van der Waals surface area contributed by atoms with Gasteiger partial charge < -0.3 is 20.3 Å². The highest BCUT2D eigenvalue weighted by Crippen LogP contribution is 2.34. The fourth-order valence-electron chi connectivity index (χ4n) is 2.95. The van der Waals surface area contributed by atoms with E-state index in [4.69, 9.17) is 16.3 Å². The van der Waals surface area contributed by atoms with Gasteiger partial charge in [-0.15, -0.1) is 10.2 Å². The summed E-state index contributed by atoms with van der Waals surface area (Å²) in [4.78, 5) is 18.3. The molecule has 8 nitrogen and oxygen atoms in total. The first kappa shape index (κ1) is 20.6. The van der Waals surface area contributed by atoms with Crippen LogP contribution in [0.4, 0.5) is 15.6 Å². The highest BCUT2D eigenvalue weighted by Gasteiger charge is 2.25. The molecule has 1 saturated heterocycles. The number of aromatic nitrogens is 3. The van der Waals surface area contributed by atoms with Crippen molar-refractivity contribution in [3.8, 4) is 10.6 Å². The Labute approximate surface area is 173 Å². The highest BCUT2D eigenvalue weighted by atomic mass is 35.5. The first-order valence-corrected chi connectivity index (χ1v) is 10.4. The largest absolute Gasteiger partial charge is 0.444 e. The topological polar surface area (TPSA) is 92.3 Å². The van der Waals surface area contributed by atoms with Gasteiger partial charge in [-0.2, -0.15) is 0 Å². The number of ether oxygens (including phenoxy) is 1. The summed E-state index contributed by atoms with van der Waals surface area (Å²) in [6.45, 7) is 7.17. The van der Waals surface area contributed by atoms with E-state index in [1.165, 1.54) is 11.3 Å². The molecule has 152 valence electrons. The number of amides is 1. The van der Waals surface area contributed by atoms with E-state index in [0.717, 1.165) is 47.3 Å². The number of piperidine rings is 1. The van der Waals surface area contributed by atoms with Crippen LogP contribution in [0.25, 0.3) is 10.6 Å². The molecule has 1 fully saturated rings. The minimum Gasteiger partial charge on any atom is -0.444 e. The van der Waals surface area contributed by atoms with E-state index >= 15 is 0 Å². The summed E-state index contributed by atoms with van der Waals surface area (Å²) in [7, 11) is 1.83. The lowest BCUT2D eigenvalue weighted by Crippen LogP contribution is -2.46. The number of alkyl carbamates (subject to hydrolysis) is 1. The third-order valence-electron chi connectivity index (χ3n) is 4.27. The summed E-state index contributed by atoms with van der Waals surface area (Å²) in [5.41, 5.74) is 1.25. The minimum absolute atomic E-state index is 0.106. The fraction of sp³-hybridized carbons (Fsp3) is 0.556. The number of halogens is 1. The molecule has 0 aromatic carbocycles. The highest BCUT2D eigenvalue weighted by molar-refractivity contribution is 7.18. The number of carbonyl (C=O) groups is 1. The Kier molecular flexibility index (Phi) is 6.24. The molecule has 3 rings (SSSR count). The van der Waals surface area contributed by atoms with Crippen molar-refractivity contribution in [1.82, 2.24) is 20.5 Å². The number of hydrogen-bond acceptors (Lipinski definition) is 8. The molecule has 0 unspecified atom stereocenters. The summed E-state index contributed by atoms with van der Waals surface area (Å²) < 4.78 is 5.33. The van der Waals surface area contributed by atoms with Crippen molar-refractivity contribution in [1.29, 1.82) is 0 Å². The van der Waals surface area contributed by atoms with Crippen LogP contribution in [0.2, 0.25) is 5.15 Å². The van der Waals surface area contributed by atoms with Gasteiger partial charge in [0.25, 0.3) is 0 Å². The van der Waals surface area contributed by atoms with Crippen LogP contribution in [0, 0.1) is 0 Å². The van der Waals surface area contributed by atoms with E-state index in [1.54, 1.807) is 12.3 Å². The van der Waals surface area contributed by atoms with Gasteiger partial charge in [0.15, 0.2) is 5.01 Å². The van der Waals surface area contributed by atoms with Crippen LogP contribution in [-0.4, -0.2) is 53.1 Å². The molecule has 0 radical (unpaired) electrons. The van der Waals surface area contributed by atoms with Crippen LogP contribution in [0.15, 0.2) is 12.3 Å². The molecule has 1 aliphatic heterocycles. The molecule has 3 heterocycles. The molecule has 2 aromatic rings. The standard InChI is InChI=1S/C18H25ClN6O2S/c1-18(2,3)27-17(26)22-11-5-7-25(8-6-11)16-24-23-15(28-16)12-10-21-14(19)9-13(12)20-4/h9-11H,5-8H2,1-4H3,(H,20,21)(H,22,26). The van der Waals surface area contributed by atoms with Gasteiger partial charge in [0.2, 0.25) is 5.13 Å². The van der Waals surface area contributed by atoms with Gasteiger partial charge in [0, 0.05) is 38.1 Å². The smallest absolute Gasteiger partial charge is 0.407 e. The predicted octanol–water partition coefficient (Wildman–Crippen LogP) is 3.79. The van der Waals surface area contributed by atoms with Crippen molar-refractivity contribution in [2.24, 2.45) is 0 Å². The van der Waals surface area contributed by atoms with Crippen LogP contribution < -0.4 is 15.5 Å². The minimum atomic E-state index is -0.490. The monoisotopic (exact) mass is 424 g/mol. The lowest BCUT2D eigenvalue weighted by Gasteiger charge is -2.32. The van der Waals surface area contributed by atoms with Gasteiger partial charge in [0.05, 0.1) is 5.56 Å². The first-order chi connectivity index (χ1) is 13.2. The lowest BCUT2D eigenvalue weighted by atomic mass is 10.1. The van der Waals surface area contributed by atoms with Crippen LogP contribution in [0.3, 0.4) is 0 Å². The van der Waals surface area contributed by atoms with Gasteiger partial charge in [0.1, 0.15) is 10.8 Å². The van der Waals surface area contributed by atoms with Crippen LogP contribution in [0.1, 0.15) is 33.6 Å². The van der Waals surface area contributed by atoms with Gasteiger partial charge in [-0.05, 0) is 39.7 Å². The quantitative estimate of drug-likeness (QED) is 0.721. The number of carbonyl (C=O) groups excluding carboxylic acids is 1. The van der Waals surface area contributed by atoms with Gasteiger partial charge in [-0.1, -0.05) is 22.9 Å². The molecule has 0 atom stereocenters. The zero-order chi connectivity index (χ0) is 20.3. The Morgan fingerprint density at radius 3 is 2.68 bits per heavy atom. The summed E-state index contributed by atoms with van der Waals surface area (Å²) in [5, 5.41) is 16.8. The zero-order valence-electron chi connectivity index (χ0n) is 16.5. The van der Waals surface area contributed by atoms with Gasteiger partial charge >= 0.3 is 6.09 Å². The molecule has 0 spiro atoms. The predicted molar refractivity (Wildman–Crippen MR) is 112 cm³/mol. The number of rotatable bonds is 4. The second-order valence-electron chi connectivity index (χ2n) is 7.60. The second-order valence-corrected chi connectivity index (χ2v) is 8.94. The van der Waals surface area contributed by atoms with Crippen molar-refractivity contribution in [2.45, 2.75) is 45.3 Å². The Balaban J connectivity index is 1.60. The Morgan fingerprint density at radius 1 is 1.32 bits per heavy atom. The summed E-state index contributed by atoms with van der Waals surface area (Å²) >= 11 is 7.48. The van der Waals surface area contributed by atoms with E-state index in [2.05, 4.69) is 30.7 Å². The van der Waals surface area contributed by atoms with Crippen molar-refractivity contribution in [2.75, 3.05) is 30.4 Å². The van der Waals surface area contributed by atoms with E-state index in [9.17, 15) is 4.79 Å². The van der Waals surface area contributed by atoms with Gasteiger partial charge in [-0.25, -0.2) is 9.78 Å². The number of nitrogens with zero attached hydrogens (tertiary/aromatic N) is 4. The number of hydrogen-bond donors (Lipinski definition) is 2. The van der Waals surface area contributed by atoms with E-state index in [-0.39, 0.29) is 12.1 Å². The molecular formula is C18H25ClN6O2S. The SMILES string of the molecule is CNc1cc(Cl)ncc1-c1nnc(N2CCC(NC(=O)OC(C)(C)C)CC2)s1. The van der Waals surface area contributed by atoms with Crippen molar-refractivity contribution < 1.29 is 9.53 Å². The third kappa shape index (κ3) is 5.23. The summed E-state index contributed by atoms with van der Waals surface area (Å²) in [5.74, 6) is 0. The average molecular weight is 425 g/mol. The number of pyridine rings is 1. The van der Waals surface area contributed by atoms with E-state index in [1.807, 2.05) is 27.8 Å². The molecule has 10 heteroatoms. The summed E-state index contributed by atoms with van der Waals surface area (Å²) in [6.07, 6.45) is 3.01. The van der Waals surface area contributed by atoms with Crippen molar-refractivity contribution in [3.63, 3.8) is 0 Å². The molecule has 1 aliphatic rings. The molecule has 0 saturated carbocycles. The molecular weight excluding hydrogens is 400 g/mol. The molecule has 28 heavy (non-hydrogen) atoms. The van der Waals surface area contributed by atoms with Crippen molar-refractivity contribution >= 4 is 39.8 Å². The zero-order valence-corrected chi connectivity index (χ0v) is 18.0. The second kappa shape index (κ2) is 8.48. The van der Waals surface area contributed by atoms with E-state index < -0.39 is 5.60 Å². The van der Waals surface area contributed by atoms with E-state index in [0.29, 0.717) is 5.15 Å². The normalized spacial score (nSPS) is 15.4. The average Bonchev–Trinajstić information content (AvgIpc) is 3.10. The number of anilines is 2. The Morgan fingerprint density at radius 2 is 2.04 bits per heavy atom. The lowest BCUT2D eigenvalue weighted by molar-refractivity contribution is 0.0497. The maximum absolute atomic E-state index is 11.9. The molecule has 0 bridgehead atoms. The molecule has 0 aliphatic carbocycles. The Hall–Kier alpha value is -2.13. The number of nitrogens with one attached hydrogen (secondary N) is 2. The van der Waals surface area contributed by atoms with Crippen molar-refractivity contribution in [3.05, 3.63) is 17.4 Å². The first-order valence-electron chi connectivity index (χ1n) is 9.17. The van der Waals surface area contributed by atoms with Crippen LogP contribution in [0.5, 0.6) is 0 Å². The fourth-order valence-corrected chi connectivity index (χ4v) is 4.03. The Bertz CT molecular complexity index is 830. The van der Waals surface area contributed by atoms with Crippen LogP contribution in [-0.2, 0) is 4.74 Å². The molecule has 2 aromatic heterocycles. The maximum Gasteiger partial charge on any atom is 0.407 e. The van der Waals surface area contributed by atoms with Crippen LogP contribution >= 0.6 is 22.9 Å². The maximum atomic E-state index is 11.9. The summed E-state index contributed by atoms with van der Waals surface area (Å²) in [6, 6.07) is 1.88. The van der Waals surface area contributed by atoms with Gasteiger partial charge in [-0.3, -0.25) is 0 Å². The third-order valence-corrected chi connectivity index (χ3v) is 5.50. The molecule has 1 amide bonds. The molecule has 2 N–H and O–H groups in total.